The number of rotatable bonds is 22. The maximum atomic E-state index is 14.6. The van der Waals surface area contributed by atoms with Crippen molar-refractivity contribution in [2.75, 3.05) is 44.6 Å². The highest BCUT2D eigenvalue weighted by molar-refractivity contribution is 6.01. The van der Waals surface area contributed by atoms with Gasteiger partial charge in [0.1, 0.15) is 28.0 Å². The molecule has 1 heterocycles. The lowest BCUT2D eigenvalue weighted by molar-refractivity contribution is -0.197. The lowest BCUT2D eigenvalue weighted by Crippen LogP contribution is -2.58. The summed E-state index contributed by atoms with van der Waals surface area (Å²) in [5, 5.41) is 3.80. The molecule has 1 unspecified atom stereocenters. The first-order chi connectivity index (χ1) is 33.1. The van der Waals surface area contributed by atoms with Crippen LogP contribution in [-0.2, 0) is 68.5 Å². The van der Waals surface area contributed by atoms with Crippen LogP contribution in [0.1, 0.15) is 167 Å². The molecule has 3 atom stereocenters. The molecule has 0 spiro atoms. The highest BCUT2D eigenvalue weighted by Gasteiger charge is 2.41. The van der Waals surface area contributed by atoms with Crippen LogP contribution in [0.25, 0.3) is 0 Å². The normalized spacial score (nSPS) is 17.3. The number of hydroxylamine groups is 2. The van der Waals surface area contributed by atoms with E-state index in [-0.39, 0.29) is 58.4 Å². The molecule has 1 aliphatic carbocycles. The van der Waals surface area contributed by atoms with E-state index in [9.17, 15) is 38.4 Å². The van der Waals surface area contributed by atoms with Gasteiger partial charge in [0.2, 0.25) is 0 Å². The van der Waals surface area contributed by atoms with Gasteiger partial charge < -0.3 is 38.7 Å². The molecule has 2 fully saturated rings. The summed E-state index contributed by atoms with van der Waals surface area (Å²) in [5.41, 5.74) is -2.54. The Bertz CT molecular complexity index is 1950. The van der Waals surface area contributed by atoms with E-state index in [0.717, 1.165) is 24.1 Å². The molecule has 19 nitrogen and oxygen atoms in total. The SMILES string of the molecule is CC(C)(C)OC(=O)CN(CC(=O)OC(C)(C)C)[C@@H](CCN(C(=O)OC(C)(C)C)C1CCCC[C@@H]1N(CC(=O)OC(C)(C)C)CC(=O)OC(C)(C)C)Cc1ccc(NCCCC(=O)ON2C(=O)CCC2=O)cc1. The van der Waals surface area contributed by atoms with E-state index in [1.165, 1.54) is 0 Å². The van der Waals surface area contributed by atoms with E-state index in [2.05, 4.69) is 5.32 Å². The molecular formula is C53H85N5O14. The molecule has 0 aromatic heterocycles. The second-order valence-electron chi connectivity index (χ2n) is 23.7. The number of amides is 3. The fourth-order valence-corrected chi connectivity index (χ4v) is 8.36. The predicted molar refractivity (Wildman–Crippen MR) is 269 cm³/mol. The van der Waals surface area contributed by atoms with Gasteiger partial charge in [0.15, 0.2) is 0 Å². The summed E-state index contributed by atoms with van der Waals surface area (Å²) in [4.78, 5) is 115. The zero-order valence-electron chi connectivity index (χ0n) is 45.9. The van der Waals surface area contributed by atoms with Crippen molar-refractivity contribution >= 4 is 53.4 Å². The fourth-order valence-electron chi connectivity index (χ4n) is 8.36. The molecule has 0 radical (unpaired) electrons. The van der Waals surface area contributed by atoms with E-state index in [0.29, 0.717) is 37.3 Å². The molecule has 1 saturated heterocycles. The smallest absolute Gasteiger partial charge is 0.410 e. The number of carbonyl (C=O) groups is 8. The summed E-state index contributed by atoms with van der Waals surface area (Å²) >= 11 is 0. The minimum absolute atomic E-state index is 0.0115. The number of benzene rings is 1. The first-order valence-corrected chi connectivity index (χ1v) is 25.3. The monoisotopic (exact) mass is 1020 g/mol. The quantitative estimate of drug-likeness (QED) is 0.0521. The number of nitrogens with one attached hydrogen (secondary N) is 1. The summed E-state index contributed by atoms with van der Waals surface area (Å²) in [5.74, 6) is -3.96. The minimum Gasteiger partial charge on any atom is -0.459 e. The van der Waals surface area contributed by atoms with Crippen molar-refractivity contribution in [1.29, 1.82) is 0 Å². The lowest BCUT2D eigenvalue weighted by atomic mass is 9.87. The molecular weight excluding hydrogens is 931 g/mol. The molecule has 3 amide bonds. The molecule has 3 rings (SSSR count). The van der Waals surface area contributed by atoms with Gasteiger partial charge >= 0.3 is 35.9 Å². The average Bonchev–Trinajstić information content (AvgIpc) is 3.51. The standard InChI is InChI=1S/C53H85N5O14/c1-49(2,3)67-44(62)32-55(33-45(63)68-50(4,5)6)38(31-36-22-24-37(25-23-36)54-29-18-21-43(61)72-58-41(59)26-27-42(58)60)28-30-57(48(66)71-53(13,14)15)40-20-17-16-19-39(40)56(34-46(64)69-51(7,8)9)35-47(65)70-52(10,11)12/h22-25,38-40,54H,16-21,26-35H2,1-15H3/t38-,39-,40?/m0/s1. The molecule has 19 heteroatoms. The lowest BCUT2D eigenvalue weighted by Gasteiger charge is -2.45. The van der Waals surface area contributed by atoms with Gasteiger partial charge in [0.25, 0.3) is 11.8 Å². The summed E-state index contributed by atoms with van der Waals surface area (Å²) in [6.07, 6.45) is 2.91. The van der Waals surface area contributed by atoms with Crippen molar-refractivity contribution in [2.45, 2.75) is 214 Å². The Kier molecular flexibility index (Phi) is 22.1. The van der Waals surface area contributed by atoms with Crippen molar-refractivity contribution < 1.29 is 66.9 Å². The first-order valence-electron chi connectivity index (χ1n) is 25.3. The van der Waals surface area contributed by atoms with Crippen molar-refractivity contribution in [3.8, 4) is 0 Å². The number of ether oxygens (including phenoxy) is 5. The van der Waals surface area contributed by atoms with Gasteiger partial charge in [-0.1, -0.05) is 25.0 Å². The highest BCUT2D eigenvalue weighted by atomic mass is 16.7. The van der Waals surface area contributed by atoms with E-state index in [4.69, 9.17) is 28.5 Å². The first kappa shape index (κ1) is 61.0. The molecule has 1 saturated carbocycles. The Morgan fingerprint density at radius 3 is 1.47 bits per heavy atom. The molecule has 72 heavy (non-hydrogen) atoms. The average molecular weight is 1020 g/mol. The maximum Gasteiger partial charge on any atom is 0.410 e. The van der Waals surface area contributed by atoms with Crippen LogP contribution >= 0.6 is 0 Å². The second kappa shape index (κ2) is 26.1. The van der Waals surface area contributed by atoms with Crippen molar-refractivity contribution in [3.63, 3.8) is 0 Å². The van der Waals surface area contributed by atoms with Crippen LogP contribution in [-0.4, -0.2) is 153 Å². The molecule has 406 valence electrons. The zero-order chi connectivity index (χ0) is 54.4. The molecule has 1 aliphatic heterocycles. The van der Waals surface area contributed by atoms with E-state index >= 15 is 0 Å². The van der Waals surface area contributed by atoms with Gasteiger partial charge in [-0.3, -0.25) is 38.6 Å². The van der Waals surface area contributed by atoms with Crippen molar-refractivity contribution in [2.24, 2.45) is 0 Å². The Morgan fingerprint density at radius 1 is 0.597 bits per heavy atom. The number of hydrogen-bond donors (Lipinski definition) is 1. The van der Waals surface area contributed by atoms with Gasteiger partial charge in [-0.2, -0.15) is 0 Å². The third kappa shape index (κ3) is 23.5. The van der Waals surface area contributed by atoms with Crippen LogP contribution in [0.5, 0.6) is 0 Å². The van der Waals surface area contributed by atoms with E-state index in [1.54, 1.807) is 119 Å². The van der Waals surface area contributed by atoms with Crippen LogP contribution in [0.2, 0.25) is 0 Å². The van der Waals surface area contributed by atoms with Crippen LogP contribution in [0, 0.1) is 0 Å². The number of nitrogens with zero attached hydrogens (tertiary/aromatic N) is 4. The number of anilines is 1. The van der Waals surface area contributed by atoms with Gasteiger partial charge in [-0.15, -0.1) is 5.06 Å². The van der Waals surface area contributed by atoms with Crippen LogP contribution < -0.4 is 5.32 Å². The topological polar surface area (TPSA) is 217 Å². The van der Waals surface area contributed by atoms with Gasteiger partial charge in [-0.25, -0.2) is 9.59 Å². The predicted octanol–water partition coefficient (Wildman–Crippen LogP) is 7.31. The van der Waals surface area contributed by atoms with Gasteiger partial charge in [-0.05, 0) is 154 Å². The van der Waals surface area contributed by atoms with Crippen LogP contribution in [0.4, 0.5) is 10.5 Å². The Hall–Kier alpha value is -5.30. The summed E-state index contributed by atoms with van der Waals surface area (Å²) < 4.78 is 29.1. The van der Waals surface area contributed by atoms with E-state index < -0.39 is 93.9 Å². The van der Waals surface area contributed by atoms with Gasteiger partial charge in [0.05, 0.1) is 32.2 Å². The summed E-state index contributed by atoms with van der Waals surface area (Å²) in [7, 11) is 0. The van der Waals surface area contributed by atoms with E-state index in [1.807, 2.05) is 24.3 Å². The largest absolute Gasteiger partial charge is 0.459 e. The summed E-state index contributed by atoms with van der Waals surface area (Å²) in [6.45, 7) is 26.0. The molecule has 1 N–H and O–H groups in total. The molecule has 1 aromatic rings. The zero-order valence-corrected chi connectivity index (χ0v) is 45.9. The minimum atomic E-state index is -0.890. The molecule has 1 aromatic carbocycles. The van der Waals surface area contributed by atoms with Crippen molar-refractivity contribution in [1.82, 2.24) is 19.8 Å². The number of hydrogen-bond acceptors (Lipinski definition) is 17. The molecule has 0 bridgehead atoms. The number of imide groups is 1. The van der Waals surface area contributed by atoms with Crippen LogP contribution in [0.15, 0.2) is 24.3 Å². The number of carbonyl (C=O) groups excluding carboxylic acids is 8. The van der Waals surface area contributed by atoms with Gasteiger partial charge in [0, 0.05) is 50.1 Å². The molecule has 2 aliphatic rings. The Morgan fingerprint density at radius 2 is 1.03 bits per heavy atom. The third-order valence-corrected chi connectivity index (χ3v) is 10.9. The Balaban J connectivity index is 2.04. The third-order valence-electron chi connectivity index (χ3n) is 10.9. The summed E-state index contributed by atoms with van der Waals surface area (Å²) in [6, 6.07) is 5.93. The second-order valence-corrected chi connectivity index (χ2v) is 23.7. The Labute approximate surface area is 427 Å². The maximum absolute atomic E-state index is 14.6. The van der Waals surface area contributed by atoms with Crippen LogP contribution in [0.3, 0.4) is 0 Å². The van der Waals surface area contributed by atoms with Crippen molar-refractivity contribution in [3.05, 3.63) is 29.8 Å². The fraction of sp³-hybridized carbons (Fsp3) is 0.736. The number of esters is 4. The highest BCUT2D eigenvalue weighted by Crippen LogP contribution is 2.31.